The smallest absolute Gasteiger partial charge is 0.422 e. The van der Waals surface area contributed by atoms with E-state index in [-0.39, 0.29) is 18.5 Å². The third-order valence-corrected chi connectivity index (χ3v) is 3.44. The van der Waals surface area contributed by atoms with Gasteiger partial charge in [-0.1, -0.05) is 0 Å². The summed E-state index contributed by atoms with van der Waals surface area (Å²) in [6.07, 6.45) is -1.29. The van der Waals surface area contributed by atoms with Crippen LogP contribution in [0.4, 0.5) is 4.79 Å². The van der Waals surface area contributed by atoms with E-state index in [0.29, 0.717) is 26.2 Å². The van der Waals surface area contributed by atoms with E-state index in [1.54, 1.807) is 13.8 Å². The van der Waals surface area contributed by atoms with Crippen LogP contribution in [0.15, 0.2) is 0 Å². The van der Waals surface area contributed by atoms with Gasteiger partial charge >= 0.3 is 16.3 Å². The van der Waals surface area contributed by atoms with Gasteiger partial charge in [-0.15, -0.1) is 12.4 Å². The zero-order chi connectivity index (χ0) is 12.2. The molecule has 0 aromatic carbocycles. The maximum atomic E-state index is 11.7. The molecule has 1 aliphatic heterocycles. The molecule has 7 nitrogen and oxygen atoms in total. The zero-order valence-electron chi connectivity index (χ0n) is 9.80. The highest BCUT2D eigenvalue weighted by atomic mass is 35.5. The third kappa shape index (κ3) is 5.53. The van der Waals surface area contributed by atoms with Crippen molar-refractivity contribution < 1.29 is 17.9 Å². The normalized spacial score (nSPS) is 17.4. The molecule has 0 aromatic heterocycles. The van der Waals surface area contributed by atoms with Crippen LogP contribution in [0.25, 0.3) is 0 Å². The number of carbonyl (C=O) groups is 1. The van der Waals surface area contributed by atoms with E-state index < -0.39 is 16.3 Å². The Morgan fingerprint density at radius 2 is 1.88 bits per heavy atom. The number of piperazine rings is 1. The molecule has 1 heterocycles. The molecule has 1 fully saturated rings. The highest BCUT2D eigenvalue weighted by Gasteiger charge is 2.26. The first-order chi connectivity index (χ1) is 7.42. The summed E-state index contributed by atoms with van der Waals surface area (Å²) >= 11 is 0. The highest BCUT2D eigenvalue weighted by molar-refractivity contribution is 7.87. The second kappa shape index (κ2) is 7.00. The summed E-state index contributed by atoms with van der Waals surface area (Å²) in [5.74, 6) is 0. The molecule has 0 aliphatic carbocycles. The number of nitrogens with zero attached hydrogens (tertiary/aromatic N) is 1. The van der Waals surface area contributed by atoms with Crippen LogP contribution in [0.1, 0.15) is 13.8 Å². The van der Waals surface area contributed by atoms with Gasteiger partial charge in [0, 0.05) is 26.2 Å². The second-order valence-electron chi connectivity index (χ2n) is 3.71. The SMILES string of the molecule is CC(C)OC(=O)NS(=O)(=O)N1CCNCC1.Cl. The summed E-state index contributed by atoms with van der Waals surface area (Å²) in [5, 5.41) is 3.02. The van der Waals surface area contributed by atoms with Gasteiger partial charge in [-0.25, -0.2) is 9.52 Å². The zero-order valence-corrected chi connectivity index (χ0v) is 11.4. The molecule has 1 rings (SSSR count). The van der Waals surface area contributed by atoms with Crippen molar-refractivity contribution in [1.82, 2.24) is 14.3 Å². The van der Waals surface area contributed by atoms with Crippen LogP contribution in [0.2, 0.25) is 0 Å². The number of hydrogen-bond acceptors (Lipinski definition) is 5. The fraction of sp³-hybridized carbons (Fsp3) is 0.875. The Morgan fingerprint density at radius 3 is 2.35 bits per heavy atom. The van der Waals surface area contributed by atoms with Crippen molar-refractivity contribution >= 4 is 28.7 Å². The molecule has 0 radical (unpaired) electrons. The standard InChI is InChI=1S/C8H17N3O4S.ClH/c1-7(2)15-8(12)10-16(13,14)11-5-3-9-4-6-11;/h7,9H,3-6H2,1-2H3,(H,10,12);1H. The van der Waals surface area contributed by atoms with E-state index in [1.807, 2.05) is 4.72 Å². The van der Waals surface area contributed by atoms with Crippen LogP contribution in [0.3, 0.4) is 0 Å². The summed E-state index contributed by atoms with van der Waals surface area (Å²) in [6, 6.07) is 0. The molecule has 1 aliphatic rings. The predicted octanol–water partition coefficient (Wildman–Crippen LogP) is -0.307. The van der Waals surface area contributed by atoms with Gasteiger partial charge in [0.05, 0.1) is 6.10 Å². The maximum absolute atomic E-state index is 11.7. The summed E-state index contributed by atoms with van der Waals surface area (Å²) in [6.45, 7) is 5.17. The van der Waals surface area contributed by atoms with Gasteiger partial charge in [-0.2, -0.15) is 12.7 Å². The van der Waals surface area contributed by atoms with Gasteiger partial charge in [-0.05, 0) is 13.8 Å². The minimum Gasteiger partial charge on any atom is -0.446 e. The first-order valence-corrected chi connectivity index (χ1v) is 6.55. The lowest BCUT2D eigenvalue weighted by molar-refractivity contribution is 0.121. The van der Waals surface area contributed by atoms with Gasteiger partial charge in [-0.3, -0.25) is 0 Å². The predicted molar refractivity (Wildman–Crippen MR) is 65.4 cm³/mol. The van der Waals surface area contributed by atoms with Crippen molar-refractivity contribution in [3.63, 3.8) is 0 Å². The molecule has 0 atom stereocenters. The quantitative estimate of drug-likeness (QED) is 0.744. The van der Waals surface area contributed by atoms with Crippen LogP contribution < -0.4 is 10.0 Å². The molecule has 0 unspecified atom stereocenters. The summed E-state index contributed by atoms with van der Waals surface area (Å²) in [5.41, 5.74) is 0. The van der Waals surface area contributed by atoms with E-state index in [0.717, 1.165) is 0 Å². The number of carbonyl (C=O) groups excluding carboxylic acids is 1. The molecule has 0 saturated carbocycles. The number of hydrogen-bond donors (Lipinski definition) is 2. The van der Waals surface area contributed by atoms with E-state index in [9.17, 15) is 13.2 Å². The van der Waals surface area contributed by atoms with Crippen molar-refractivity contribution in [3.8, 4) is 0 Å². The van der Waals surface area contributed by atoms with Gasteiger partial charge in [0.15, 0.2) is 0 Å². The number of rotatable bonds is 3. The van der Waals surface area contributed by atoms with E-state index in [1.165, 1.54) is 4.31 Å². The number of ether oxygens (including phenoxy) is 1. The maximum Gasteiger partial charge on any atom is 0.422 e. The topological polar surface area (TPSA) is 87.7 Å². The first-order valence-electron chi connectivity index (χ1n) is 5.11. The molecule has 0 aromatic rings. The lowest BCUT2D eigenvalue weighted by atomic mass is 10.4. The van der Waals surface area contributed by atoms with Gasteiger partial charge < -0.3 is 10.1 Å². The van der Waals surface area contributed by atoms with E-state index in [4.69, 9.17) is 4.74 Å². The Labute approximate surface area is 107 Å². The fourth-order valence-electron chi connectivity index (χ4n) is 1.29. The monoisotopic (exact) mass is 287 g/mol. The Kier molecular flexibility index (Phi) is 6.76. The fourth-order valence-corrected chi connectivity index (χ4v) is 2.34. The Bertz CT molecular complexity index is 341. The van der Waals surface area contributed by atoms with Crippen LogP contribution >= 0.6 is 12.4 Å². The minimum absolute atomic E-state index is 0. The van der Waals surface area contributed by atoms with Crippen LogP contribution in [0, 0.1) is 0 Å². The first kappa shape index (κ1) is 16.4. The average Bonchev–Trinajstić information content (AvgIpc) is 2.16. The molecule has 0 bridgehead atoms. The Hall–Kier alpha value is -0.570. The van der Waals surface area contributed by atoms with Gasteiger partial charge in [0.25, 0.3) is 0 Å². The van der Waals surface area contributed by atoms with Crippen molar-refractivity contribution in [2.75, 3.05) is 26.2 Å². The number of nitrogens with one attached hydrogen (secondary N) is 2. The third-order valence-electron chi connectivity index (χ3n) is 1.97. The number of amides is 1. The van der Waals surface area contributed by atoms with Crippen molar-refractivity contribution in [3.05, 3.63) is 0 Å². The molecular weight excluding hydrogens is 270 g/mol. The summed E-state index contributed by atoms with van der Waals surface area (Å²) in [4.78, 5) is 11.2. The van der Waals surface area contributed by atoms with Crippen molar-refractivity contribution in [2.45, 2.75) is 20.0 Å². The molecular formula is C8H18ClN3O4S. The van der Waals surface area contributed by atoms with Crippen LogP contribution in [0.5, 0.6) is 0 Å². The molecule has 102 valence electrons. The molecule has 1 saturated heterocycles. The molecule has 1 amide bonds. The van der Waals surface area contributed by atoms with Gasteiger partial charge in [0.1, 0.15) is 0 Å². The Morgan fingerprint density at radius 1 is 1.35 bits per heavy atom. The average molecular weight is 288 g/mol. The largest absolute Gasteiger partial charge is 0.446 e. The minimum atomic E-state index is -3.76. The van der Waals surface area contributed by atoms with E-state index >= 15 is 0 Å². The van der Waals surface area contributed by atoms with Crippen molar-refractivity contribution in [1.29, 1.82) is 0 Å². The summed E-state index contributed by atoms with van der Waals surface area (Å²) in [7, 11) is -3.76. The molecule has 0 spiro atoms. The molecule has 17 heavy (non-hydrogen) atoms. The number of halogens is 1. The lowest BCUT2D eigenvalue weighted by Crippen LogP contribution is -2.51. The van der Waals surface area contributed by atoms with E-state index in [2.05, 4.69) is 5.32 Å². The summed E-state index contributed by atoms with van der Waals surface area (Å²) < 4.78 is 31.1. The van der Waals surface area contributed by atoms with Crippen LogP contribution in [-0.4, -0.2) is 51.1 Å². The molecule has 9 heteroatoms. The Balaban J connectivity index is 0.00000256. The highest BCUT2D eigenvalue weighted by Crippen LogP contribution is 2.00. The molecule has 2 N–H and O–H groups in total. The van der Waals surface area contributed by atoms with Crippen LogP contribution in [-0.2, 0) is 14.9 Å². The van der Waals surface area contributed by atoms with Gasteiger partial charge in [0.2, 0.25) is 0 Å². The van der Waals surface area contributed by atoms with Crippen molar-refractivity contribution in [2.24, 2.45) is 0 Å². The second-order valence-corrected chi connectivity index (χ2v) is 5.38. The lowest BCUT2D eigenvalue weighted by Gasteiger charge is -2.26.